The van der Waals surface area contributed by atoms with Gasteiger partial charge >= 0.3 is 0 Å². The zero-order chi connectivity index (χ0) is 11.9. The fourth-order valence-corrected chi connectivity index (χ4v) is 2.27. The van der Waals surface area contributed by atoms with Crippen LogP contribution in [-0.4, -0.2) is 16.5 Å². The summed E-state index contributed by atoms with van der Waals surface area (Å²) in [6, 6.07) is 8.16. The minimum absolute atomic E-state index is 0.544. The molecule has 0 atom stereocenters. The van der Waals surface area contributed by atoms with E-state index in [-0.39, 0.29) is 0 Å². The van der Waals surface area contributed by atoms with Crippen LogP contribution in [0.15, 0.2) is 41.8 Å². The first kappa shape index (κ1) is 11.6. The zero-order valence-electron chi connectivity index (χ0n) is 9.31. The summed E-state index contributed by atoms with van der Waals surface area (Å²) in [4.78, 5) is 7.25. The molecule has 0 saturated carbocycles. The lowest BCUT2D eigenvalue weighted by molar-refractivity contribution is 1.06. The van der Waals surface area contributed by atoms with Gasteiger partial charge in [-0.15, -0.1) is 6.42 Å². The van der Waals surface area contributed by atoms with E-state index in [9.17, 15) is 0 Å². The number of para-hydroxylation sites is 1. The maximum atomic E-state index is 5.24. The van der Waals surface area contributed by atoms with Crippen LogP contribution in [0.25, 0.3) is 0 Å². The van der Waals surface area contributed by atoms with Crippen molar-refractivity contribution in [1.82, 2.24) is 9.97 Å². The number of nitrogens with zero attached hydrogens (tertiary/aromatic N) is 1. The fraction of sp³-hybridized carbons (Fsp3) is 0.154. The molecule has 0 radical (unpaired) electrons. The van der Waals surface area contributed by atoms with Crippen molar-refractivity contribution in [1.29, 1.82) is 0 Å². The third-order valence-corrected chi connectivity index (χ3v) is 3.19. The van der Waals surface area contributed by atoms with Crippen molar-refractivity contribution in [3.8, 4) is 12.3 Å². The van der Waals surface area contributed by atoms with Gasteiger partial charge in [0.25, 0.3) is 0 Å². The van der Waals surface area contributed by atoms with Crippen molar-refractivity contribution in [3.05, 3.63) is 42.2 Å². The molecule has 17 heavy (non-hydrogen) atoms. The molecule has 2 rings (SSSR count). The Morgan fingerprint density at radius 2 is 2.29 bits per heavy atom. The molecule has 0 saturated heterocycles. The van der Waals surface area contributed by atoms with Crippen LogP contribution in [0, 0.1) is 12.3 Å². The van der Waals surface area contributed by atoms with Crippen LogP contribution in [0.1, 0.15) is 5.56 Å². The van der Waals surface area contributed by atoms with Gasteiger partial charge in [0, 0.05) is 23.8 Å². The minimum atomic E-state index is 0.544. The third-order valence-electron chi connectivity index (χ3n) is 2.24. The Balaban J connectivity index is 2.02. The Kier molecular flexibility index (Phi) is 4.11. The Morgan fingerprint density at radius 1 is 1.41 bits per heavy atom. The van der Waals surface area contributed by atoms with E-state index in [1.165, 1.54) is 5.56 Å². The summed E-state index contributed by atoms with van der Waals surface area (Å²) in [5.74, 6) is 3.44. The first-order chi connectivity index (χ1) is 8.40. The fourth-order valence-electron chi connectivity index (χ4n) is 1.44. The van der Waals surface area contributed by atoms with E-state index < -0.39 is 0 Å². The van der Waals surface area contributed by atoms with E-state index in [4.69, 9.17) is 6.42 Å². The predicted octanol–water partition coefficient (Wildman–Crippen LogP) is 2.75. The van der Waals surface area contributed by atoms with Crippen molar-refractivity contribution in [3.63, 3.8) is 0 Å². The number of hydrogen-bond donors (Lipinski definition) is 2. The molecule has 0 fully saturated rings. The van der Waals surface area contributed by atoms with Crippen molar-refractivity contribution in [2.75, 3.05) is 11.9 Å². The van der Waals surface area contributed by atoms with Crippen LogP contribution < -0.4 is 5.32 Å². The van der Waals surface area contributed by atoms with Gasteiger partial charge in [-0.2, -0.15) is 0 Å². The number of benzene rings is 1. The Morgan fingerprint density at radius 3 is 3.06 bits per heavy atom. The average Bonchev–Trinajstić information content (AvgIpc) is 2.88. The number of nitrogens with one attached hydrogen (secondary N) is 2. The molecule has 2 aromatic rings. The highest BCUT2D eigenvalue weighted by Gasteiger charge is 2.02. The molecular weight excluding hydrogens is 230 g/mol. The SMILES string of the molecule is C#CCNc1ccccc1CSc1ncc[nH]1. The number of thioether (sulfide) groups is 1. The largest absolute Gasteiger partial charge is 0.374 e. The minimum Gasteiger partial charge on any atom is -0.374 e. The highest BCUT2D eigenvalue weighted by molar-refractivity contribution is 7.98. The van der Waals surface area contributed by atoms with Crippen LogP contribution in [0.3, 0.4) is 0 Å². The number of aromatic amines is 1. The normalized spacial score (nSPS) is 9.82. The van der Waals surface area contributed by atoms with Crippen molar-refractivity contribution in [2.24, 2.45) is 0 Å². The molecule has 0 unspecified atom stereocenters. The van der Waals surface area contributed by atoms with E-state index in [0.717, 1.165) is 16.6 Å². The smallest absolute Gasteiger partial charge is 0.165 e. The van der Waals surface area contributed by atoms with Crippen molar-refractivity contribution >= 4 is 17.4 Å². The van der Waals surface area contributed by atoms with E-state index in [2.05, 4.69) is 27.3 Å². The lowest BCUT2D eigenvalue weighted by Gasteiger charge is -2.08. The van der Waals surface area contributed by atoms with E-state index in [0.29, 0.717) is 6.54 Å². The highest BCUT2D eigenvalue weighted by Crippen LogP contribution is 2.24. The monoisotopic (exact) mass is 243 g/mol. The first-order valence-corrected chi connectivity index (χ1v) is 6.26. The zero-order valence-corrected chi connectivity index (χ0v) is 10.1. The number of hydrogen-bond acceptors (Lipinski definition) is 3. The molecule has 1 heterocycles. The van der Waals surface area contributed by atoms with Crippen molar-refractivity contribution in [2.45, 2.75) is 10.9 Å². The number of imidazole rings is 1. The number of H-pyrrole nitrogens is 1. The molecule has 0 spiro atoms. The average molecular weight is 243 g/mol. The molecule has 0 bridgehead atoms. The van der Waals surface area contributed by atoms with Crippen LogP contribution in [-0.2, 0) is 5.75 Å². The summed E-state index contributed by atoms with van der Waals surface area (Å²) in [6.07, 6.45) is 8.82. The van der Waals surface area contributed by atoms with E-state index in [1.807, 2.05) is 24.4 Å². The van der Waals surface area contributed by atoms with Gasteiger partial charge in [-0.3, -0.25) is 0 Å². The Hall–Kier alpha value is -1.86. The lowest BCUT2D eigenvalue weighted by Crippen LogP contribution is -2.01. The van der Waals surface area contributed by atoms with Gasteiger partial charge in [-0.05, 0) is 11.6 Å². The maximum absolute atomic E-state index is 5.24. The Bertz CT molecular complexity index is 500. The second kappa shape index (κ2) is 6.02. The molecule has 3 nitrogen and oxygen atoms in total. The number of anilines is 1. The molecule has 86 valence electrons. The molecule has 0 aliphatic carbocycles. The number of aromatic nitrogens is 2. The standard InChI is InChI=1S/C13H13N3S/c1-2-7-14-12-6-4-3-5-11(12)10-17-13-15-8-9-16-13/h1,3-6,8-9,14H,7,10H2,(H,15,16). The van der Waals surface area contributed by atoms with Gasteiger partial charge < -0.3 is 10.3 Å². The summed E-state index contributed by atoms with van der Waals surface area (Å²) in [5, 5.41) is 4.14. The lowest BCUT2D eigenvalue weighted by atomic mass is 10.2. The number of rotatable bonds is 5. The van der Waals surface area contributed by atoms with Crippen LogP contribution >= 0.6 is 11.8 Å². The van der Waals surface area contributed by atoms with Crippen LogP contribution in [0.2, 0.25) is 0 Å². The summed E-state index contributed by atoms with van der Waals surface area (Å²) >= 11 is 1.67. The highest BCUT2D eigenvalue weighted by atomic mass is 32.2. The molecule has 0 amide bonds. The van der Waals surface area contributed by atoms with Gasteiger partial charge in [0.2, 0.25) is 0 Å². The maximum Gasteiger partial charge on any atom is 0.165 e. The summed E-state index contributed by atoms with van der Waals surface area (Å²) in [5.41, 5.74) is 2.31. The van der Waals surface area contributed by atoms with Gasteiger partial charge in [0.15, 0.2) is 5.16 Å². The summed E-state index contributed by atoms with van der Waals surface area (Å²) in [6.45, 7) is 0.544. The van der Waals surface area contributed by atoms with E-state index in [1.54, 1.807) is 18.0 Å². The quantitative estimate of drug-likeness (QED) is 0.626. The van der Waals surface area contributed by atoms with Crippen LogP contribution in [0.5, 0.6) is 0 Å². The molecule has 1 aromatic carbocycles. The van der Waals surface area contributed by atoms with Gasteiger partial charge in [0.05, 0.1) is 6.54 Å². The second-order valence-corrected chi connectivity index (χ2v) is 4.36. The molecule has 4 heteroatoms. The van der Waals surface area contributed by atoms with Crippen LogP contribution in [0.4, 0.5) is 5.69 Å². The second-order valence-electron chi connectivity index (χ2n) is 3.40. The molecule has 0 aliphatic heterocycles. The molecule has 0 aliphatic rings. The third kappa shape index (κ3) is 3.30. The Labute approximate surface area is 105 Å². The number of terminal acetylenes is 1. The van der Waals surface area contributed by atoms with Crippen molar-refractivity contribution < 1.29 is 0 Å². The molecular formula is C13H13N3S. The molecule has 1 aromatic heterocycles. The van der Waals surface area contributed by atoms with E-state index >= 15 is 0 Å². The van der Waals surface area contributed by atoms with Gasteiger partial charge in [0.1, 0.15) is 0 Å². The van der Waals surface area contributed by atoms with Gasteiger partial charge in [-0.1, -0.05) is 35.9 Å². The first-order valence-electron chi connectivity index (χ1n) is 5.27. The van der Waals surface area contributed by atoms with Gasteiger partial charge in [-0.25, -0.2) is 4.98 Å². The summed E-state index contributed by atoms with van der Waals surface area (Å²) in [7, 11) is 0. The topological polar surface area (TPSA) is 40.7 Å². The molecule has 2 N–H and O–H groups in total. The predicted molar refractivity (Wildman–Crippen MR) is 71.9 cm³/mol. The summed E-state index contributed by atoms with van der Waals surface area (Å²) < 4.78 is 0.